The largest absolute Gasteiger partial charge is 0.489 e. The van der Waals surface area contributed by atoms with Gasteiger partial charge in [0.05, 0.1) is 5.56 Å². The molecule has 0 spiro atoms. The first-order valence-corrected chi connectivity index (χ1v) is 9.63. The zero-order chi connectivity index (χ0) is 20.9. The molecule has 0 aliphatic heterocycles. The van der Waals surface area contributed by atoms with Crippen LogP contribution in [-0.4, -0.2) is 11.6 Å². The zero-order valence-corrected chi connectivity index (χ0v) is 17.1. The fourth-order valence-electron chi connectivity index (χ4n) is 2.93. The second kappa shape index (κ2) is 8.78. The van der Waals surface area contributed by atoms with Crippen LogP contribution >= 0.6 is 0 Å². The number of hydrogen-bond acceptors (Lipinski definition) is 3. The van der Waals surface area contributed by atoms with E-state index >= 15 is 0 Å². The van der Waals surface area contributed by atoms with Gasteiger partial charge in [0, 0.05) is 0 Å². The van der Waals surface area contributed by atoms with Crippen molar-refractivity contribution in [1.82, 2.24) is 0 Å². The standard InChI is InChI=1S/C26H26O3/c1-5-20-17-23(28-18-19-9-7-6-8-10-19)15-16-24(20)21-11-13-22(14-12-21)25(27)29-26(2,3)4/h5-17H,1,18H2,2-4H3. The van der Waals surface area contributed by atoms with Crippen LogP contribution < -0.4 is 4.74 Å². The van der Waals surface area contributed by atoms with Crippen LogP contribution in [0.25, 0.3) is 17.2 Å². The maximum Gasteiger partial charge on any atom is 0.338 e. The minimum atomic E-state index is -0.513. The van der Waals surface area contributed by atoms with Crippen molar-refractivity contribution in [1.29, 1.82) is 0 Å². The third-order valence-corrected chi connectivity index (χ3v) is 4.32. The van der Waals surface area contributed by atoms with Crippen LogP contribution in [0, 0.1) is 0 Å². The van der Waals surface area contributed by atoms with Gasteiger partial charge in [0.15, 0.2) is 0 Å². The summed E-state index contributed by atoms with van der Waals surface area (Å²) in [5, 5.41) is 0. The molecule has 0 aromatic heterocycles. The molecule has 3 aromatic carbocycles. The molecule has 0 saturated carbocycles. The first-order chi connectivity index (χ1) is 13.9. The number of carbonyl (C=O) groups is 1. The Hall–Kier alpha value is -3.33. The molecule has 0 bridgehead atoms. The molecule has 3 aromatic rings. The molecule has 148 valence electrons. The van der Waals surface area contributed by atoms with E-state index in [1.165, 1.54) is 0 Å². The highest BCUT2D eigenvalue weighted by Crippen LogP contribution is 2.29. The fourth-order valence-corrected chi connectivity index (χ4v) is 2.93. The van der Waals surface area contributed by atoms with Crippen molar-refractivity contribution in [2.75, 3.05) is 0 Å². The predicted molar refractivity (Wildman–Crippen MR) is 118 cm³/mol. The van der Waals surface area contributed by atoms with E-state index in [0.717, 1.165) is 28.0 Å². The van der Waals surface area contributed by atoms with E-state index in [4.69, 9.17) is 9.47 Å². The molecule has 3 rings (SSSR count). The Kier molecular flexibility index (Phi) is 6.18. The van der Waals surface area contributed by atoms with Gasteiger partial charge in [-0.2, -0.15) is 0 Å². The molecule has 0 heterocycles. The zero-order valence-electron chi connectivity index (χ0n) is 17.1. The van der Waals surface area contributed by atoms with Gasteiger partial charge in [0.25, 0.3) is 0 Å². The number of carbonyl (C=O) groups excluding carboxylic acids is 1. The lowest BCUT2D eigenvalue weighted by Gasteiger charge is -2.19. The van der Waals surface area contributed by atoms with Crippen LogP contribution in [0.2, 0.25) is 0 Å². The van der Waals surface area contributed by atoms with E-state index in [2.05, 4.69) is 6.58 Å². The summed E-state index contributed by atoms with van der Waals surface area (Å²) in [5.41, 5.74) is 4.15. The number of benzene rings is 3. The Morgan fingerprint density at radius 2 is 1.66 bits per heavy atom. The van der Waals surface area contributed by atoms with Gasteiger partial charge in [-0.1, -0.05) is 61.2 Å². The lowest BCUT2D eigenvalue weighted by molar-refractivity contribution is 0.00695. The summed E-state index contributed by atoms with van der Waals surface area (Å²) >= 11 is 0. The number of esters is 1. The smallest absolute Gasteiger partial charge is 0.338 e. The Labute approximate surface area is 172 Å². The Morgan fingerprint density at radius 3 is 2.28 bits per heavy atom. The van der Waals surface area contributed by atoms with E-state index in [9.17, 15) is 4.79 Å². The average Bonchev–Trinajstić information content (AvgIpc) is 2.71. The number of rotatable bonds is 6. The summed E-state index contributed by atoms with van der Waals surface area (Å²) in [6.45, 7) is 10.0. The Morgan fingerprint density at radius 1 is 0.966 bits per heavy atom. The van der Waals surface area contributed by atoms with Gasteiger partial charge in [0.2, 0.25) is 0 Å². The van der Waals surface area contributed by atoms with E-state index < -0.39 is 5.60 Å². The summed E-state index contributed by atoms with van der Waals surface area (Å²) in [5.74, 6) is 0.468. The van der Waals surface area contributed by atoms with Crippen LogP contribution in [0.1, 0.15) is 42.3 Å². The molecule has 0 radical (unpaired) electrons. The normalized spacial score (nSPS) is 11.0. The lowest BCUT2D eigenvalue weighted by atomic mass is 9.98. The van der Waals surface area contributed by atoms with Crippen molar-refractivity contribution in [2.45, 2.75) is 33.0 Å². The highest BCUT2D eigenvalue weighted by Gasteiger charge is 2.17. The highest BCUT2D eigenvalue weighted by molar-refractivity contribution is 5.90. The van der Waals surface area contributed by atoms with Gasteiger partial charge in [-0.05, 0) is 67.3 Å². The van der Waals surface area contributed by atoms with Gasteiger partial charge in [-0.3, -0.25) is 0 Å². The molecule has 0 atom stereocenters. The molecule has 0 saturated heterocycles. The minimum absolute atomic E-state index is 0.322. The predicted octanol–water partition coefficient (Wildman–Crippen LogP) is 6.53. The minimum Gasteiger partial charge on any atom is -0.489 e. The van der Waals surface area contributed by atoms with Gasteiger partial charge >= 0.3 is 5.97 Å². The van der Waals surface area contributed by atoms with Crippen LogP contribution in [0.5, 0.6) is 5.75 Å². The Balaban J connectivity index is 1.76. The first-order valence-electron chi connectivity index (χ1n) is 9.63. The topological polar surface area (TPSA) is 35.5 Å². The molecular formula is C26H26O3. The molecular weight excluding hydrogens is 360 g/mol. The maximum absolute atomic E-state index is 12.2. The molecule has 0 aliphatic rings. The number of hydrogen-bond donors (Lipinski definition) is 0. The van der Waals surface area contributed by atoms with Gasteiger partial charge < -0.3 is 9.47 Å². The summed E-state index contributed by atoms with van der Waals surface area (Å²) in [7, 11) is 0. The third kappa shape index (κ3) is 5.58. The second-order valence-electron chi connectivity index (χ2n) is 7.81. The van der Waals surface area contributed by atoms with Crippen molar-refractivity contribution < 1.29 is 14.3 Å². The third-order valence-electron chi connectivity index (χ3n) is 4.32. The number of ether oxygens (including phenoxy) is 2. The summed E-state index contributed by atoms with van der Waals surface area (Å²) in [6, 6.07) is 23.4. The van der Waals surface area contributed by atoms with Gasteiger partial charge in [0.1, 0.15) is 18.0 Å². The van der Waals surface area contributed by atoms with E-state index in [1.54, 1.807) is 12.1 Å². The first kappa shape index (κ1) is 20.4. The van der Waals surface area contributed by atoms with Crippen LogP contribution in [0.3, 0.4) is 0 Å². The molecule has 0 unspecified atom stereocenters. The molecule has 3 nitrogen and oxygen atoms in total. The van der Waals surface area contributed by atoms with Crippen molar-refractivity contribution in [2.24, 2.45) is 0 Å². The molecule has 3 heteroatoms. The molecule has 0 fully saturated rings. The molecule has 0 amide bonds. The van der Waals surface area contributed by atoms with Crippen molar-refractivity contribution in [3.63, 3.8) is 0 Å². The summed E-state index contributed by atoms with van der Waals surface area (Å²) in [6.07, 6.45) is 1.81. The molecule has 29 heavy (non-hydrogen) atoms. The average molecular weight is 386 g/mol. The van der Waals surface area contributed by atoms with Crippen LogP contribution in [-0.2, 0) is 11.3 Å². The van der Waals surface area contributed by atoms with Crippen molar-refractivity contribution in [3.8, 4) is 16.9 Å². The van der Waals surface area contributed by atoms with Gasteiger partial charge in [-0.25, -0.2) is 4.79 Å². The fraction of sp³-hybridized carbons (Fsp3) is 0.192. The summed E-state index contributed by atoms with van der Waals surface area (Å²) < 4.78 is 11.3. The van der Waals surface area contributed by atoms with Crippen molar-refractivity contribution in [3.05, 3.63) is 96.1 Å². The van der Waals surface area contributed by atoms with Gasteiger partial charge in [-0.15, -0.1) is 0 Å². The van der Waals surface area contributed by atoms with Crippen molar-refractivity contribution >= 4 is 12.0 Å². The highest BCUT2D eigenvalue weighted by atomic mass is 16.6. The lowest BCUT2D eigenvalue weighted by Crippen LogP contribution is -2.23. The SMILES string of the molecule is C=Cc1cc(OCc2ccccc2)ccc1-c1ccc(C(=O)OC(C)(C)C)cc1. The maximum atomic E-state index is 12.2. The van der Waals surface area contributed by atoms with E-state index in [-0.39, 0.29) is 5.97 Å². The van der Waals surface area contributed by atoms with Crippen LogP contribution in [0.4, 0.5) is 0 Å². The second-order valence-corrected chi connectivity index (χ2v) is 7.81. The Bertz CT molecular complexity index is 981. The molecule has 0 N–H and O–H groups in total. The monoisotopic (exact) mass is 386 g/mol. The van der Waals surface area contributed by atoms with E-state index in [0.29, 0.717) is 12.2 Å². The van der Waals surface area contributed by atoms with E-state index in [1.807, 2.05) is 87.5 Å². The van der Waals surface area contributed by atoms with Crippen LogP contribution in [0.15, 0.2) is 79.4 Å². The molecule has 0 aliphatic carbocycles. The quantitative estimate of drug-likeness (QED) is 0.452. The summed E-state index contributed by atoms with van der Waals surface area (Å²) in [4.78, 5) is 12.2.